The van der Waals surface area contributed by atoms with Crippen LogP contribution in [0.3, 0.4) is 0 Å². The van der Waals surface area contributed by atoms with Crippen molar-refractivity contribution in [3.8, 4) is 10.6 Å². The number of hydrogen-bond donors (Lipinski definition) is 0. The summed E-state index contributed by atoms with van der Waals surface area (Å²) in [5.74, 6) is 2.13. The molecule has 0 bridgehead atoms. The monoisotopic (exact) mass is 313 g/mol. The first-order chi connectivity index (χ1) is 10.3. The van der Waals surface area contributed by atoms with Gasteiger partial charge in [-0.25, -0.2) is 9.97 Å². The van der Waals surface area contributed by atoms with Crippen LogP contribution < -0.4 is 4.90 Å². The van der Waals surface area contributed by atoms with E-state index in [1.807, 2.05) is 37.2 Å². The summed E-state index contributed by atoms with van der Waals surface area (Å²) in [6.07, 6.45) is 2.71. The summed E-state index contributed by atoms with van der Waals surface area (Å²) in [4.78, 5) is 13.9. The molecule has 1 aliphatic rings. The maximum absolute atomic E-state index is 4.62. The Hall–Kier alpha value is -1.59. The van der Waals surface area contributed by atoms with Crippen LogP contribution in [0.4, 0.5) is 5.82 Å². The topological polar surface area (TPSA) is 29.0 Å². The molecular formula is C16H15N3S2. The first-order valence-electron chi connectivity index (χ1n) is 6.91. The highest BCUT2D eigenvalue weighted by atomic mass is 32.2. The summed E-state index contributed by atoms with van der Waals surface area (Å²) in [5, 5.41) is 1.36. The number of fused-ring (bicyclic) bond motifs is 5. The molecule has 3 heterocycles. The van der Waals surface area contributed by atoms with Gasteiger partial charge < -0.3 is 4.90 Å². The first-order valence-corrected chi connectivity index (χ1v) is 8.72. The predicted molar refractivity (Wildman–Crippen MR) is 91.6 cm³/mol. The van der Waals surface area contributed by atoms with Crippen LogP contribution in [0.15, 0.2) is 35.5 Å². The lowest BCUT2D eigenvalue weighted by molar-refractivity contribution is 0.986. The first kappa shape index (κ1) is 13.1. The van der Waals surface area contributed by atoms with Gasteiger partial charge in [0.1, 0.15) is 12.1 Å². The van der Waals surface area contributed by atoms with Gasteiger partial charge in [-0.2, -0.15) is 0 Å². The SMILES string of the molecule is CN(C)c1ncnc2c1CCSc1c-2sc2ccccc12. The van der Waals surface area contributed by atoms with Gasteiger partial charge in [-0.1, -0.05) is 18.2 Å². The molecule has 21 heavy (non-hydrogen) atoms. The summed E-state index contributed by atoms with van der Waals surface area (Å²) < 4.78 is 1.34. The summed E-state index contributed by atoms with van der Waals surface area (Å²) in [6, 6.07) is 8.64. The zero-order chi connectivity index (χ0) is 14.4. The standard InChI is InChI=1S/C16H15N3S2/c1-19(2)16-11-7-8-20-14-10-5-3-4-6-12(10)21-15(14)13(11)17-9-18-16/h3-6,9H,7-8H2,1-2H3. The second-order valence-electron chi connectivity index (χ2n) is 5.27. The van der Waals surface area contributed by atoms with E-state index in [0.717, 1.165) is 23.7 Å². The fraction of sp³-hybridized carbons (Fsp3) is 0.250. The Kier molecular flexibility index (Phi) is 3.12. The van der Waals surface area contributed by atoms with Crippen molar-refractivity contribution in [2.24, 2.45) is 0 Å². The maximum Gasteiger partial charge on any atom is 0.135 e. The van der Waals surface area contributed by atoms with E-state index in [9.17, 15) is 0 Å². The fourth-order valence-corrected chi connectivity index (χ4v) is 5.35. The molecule has 0 saturated carbocycles. The quantitative estimate of drug-likeness (QED) is 0.677. The third-order valence-corrected chi connectivity index (χ3v) is 6.14. The number of hydrogen-bond acceptors (Lipinski definition) is 5. The van der Waals surface area contributed by atoms with Gasteiger partial charge >= 0.3 is 0 Å². The van der Waals surface area contributed by atoms with Gasteiger partial charge in [0.2, 0.25) is 0 Å². The van der Waals surface area contributed by atoms with Gasteiger partial charge in [0, 0.05) is 40.4 Å². The van der Waals surface area contributed by atoms with Crippen molar-refractivity contribution in [3.05, 3.63) is 36.2 Å². The van der Waals surface area contributed by atoms with Gasteiger partial charge in [0.25, 0.3) is 0 Å². The third kappa shape index (κ3) is 2.03. The van der Waals surface area contributed by atoms with Crippen molar-refractivity contribution < 1.29 is 0 Å². The van der Waals surface area contributed by atoms with E-state index < -0.39 is 0 Å². The van der Waals surface area contributed by atoms with Crippen molar-refractivity contribution in [2.45, 2.75) is 11.3 Å². The Morgan fingerprint density at radius 1 is 1.14 bits per heavy atom. The van der Waals surface area contributed by atoms with Gasteiger partial charge in [-0.15, -0.1) is 23.1 Å². The minimum Gasteiger partial charge on any atom is -0.362 e. The lowest BCUT2D eigenvalue weighted by Gasteiger charge is -2.16. The largest absolute Gasteiger partial charge is 0.362 e. The number of thioether (sulfide) groups is 1. The molecule has 2 aromatic heterocycles. The van der Waals surface area contributed by atoms with Gasteiger partial charge in [0.15, 0.2) is 0 Å². The second kappa shape index (κ2) is 5.00. The number of rotatable bonds is 1. The van der Waals surface area contributed by atoms with E-state index in [4.69, 9.17) is 0 Å². The molecule has 106 valence electrons. The molecule has 1 aromatic carbocycles. The van der Waals surface area contributed by atoms with Crippen LogP contribution in [0.5, 0.6) is 0 Å². The molecule has 0 amide bonds. The summed E-state index contributed by atoms with van der Waals surface area (Å²) in [7, 11) is 4.10. The summed E-state index contributed by atoms with van der Waals surface area (Å²) in [6.45, 7) is 0. The van der Waals surface area contributed by atoms with Crippen LogP contribution in [0.2, 0.25) is 0 Å². The second-order valence-corrected chi connectivity index (χ2v) is 7.43. The smallest absolute Gasteiger partial charge is 0.135 e. The maximum atomic E-state index is 4.62. The van der Waals surface area contributed by atoms with E-state index in [1.54, 1.807) is 6.33 Å². The van der Waals surface area contributed by atoms with Crippen LogP contribution in [-0.4, -0.2) is 29.8 Å². The molecule has 0 radical (unpaired) electrons. The lowest BCUT2D eigenvalue weighted by atomic mass is 10.1. The highest BCUT2D eigenvalue weighted by molar-refractivity contribution is 7.99. The molecule has 0 saturated heterocycles. The van der Waals surface area contributed by atoms with Gasteiger partial charge in [-0.05, 0) is 12.5 Å². The Morgan fingerprint density at radius 2 is 2.00 bits per heavy atom. The third-order valence-electron chi connectivity index (χ3n) is 3.71. The lowest BCUT2D eigenvalue weighted by Crippen LogP contribution is -2.14. The number of thiophene rings is 1. The van der Waals surface area contributed by atoms with Crippen LogP contribution in [0.25, 0.3) is 20.7 Å². The van der Waals surface area contributed by atoms with Crippen molar-refractivity contribution in [3.63, 3.8) is 0 Å². The van der Waals surface area contributed by atoms with Crippen LogP contribution >= 0.6 is 23.1 Å². The Morgan fingerprint density at radius 3 is 2.86 bits per heavy atom. The zero-order valence-electron chi connectivity index (χ0n) is 12.0. The molecule has 0 spiro atoms. The molecular weight excluding hydrogens is 298 g/mol. The Balaban J connectivity index is 2.03. The molecule has 4 rings (SSSR count). The van der Waals surface area contributed by atoms with Crippen LogP contribution in [0, 0.1) is 0 Å². The van der Waals surface area contributed by atoms with E-state index in [0.29, 0.717) is 0 Å². The molecule has 0 unspecified atom stereocenters. The molecule has 3 nitrogen and oxygen atoms in total. The Bertz CT molecular complexity index is 824. The number of aromatic nitrogens is 2. The normalized spacial score (nSPS) is 13.6. The van der Waals surface area contributed by atoms with Crippen molar-refractivity contribution in [1.29, 1.82) is 0 Å². The predicted octanol–water partition coefficient (Wildman–Crippen LogP) is 4.07. The van der Waals surface area contributed by atoms with Crippen molar-refractivity contribution in [1.82, 2.24) is 9.97 Å². The van der Waals surface area contributed by atoms with Crippen LogP contribution in [-0.2, 0) is 6.42 Å². The number of nitrogens with zero attached hydrogens (tertiary/aromatic N) is 3. The van der Waals surface area contributed by atoms with E-state index >= 15 is 0 Å². The number of anilines is 1. The van der Waals surface area contributed by atoms with E-state index in [2.05, 4.69) is 39.1 Å². The van der Waals surface area contributed by atoms with E-state index in [1.165, 1.54) is 25.4 Å². The average molecular weight is 313 g/mol. The zero-order valence-corrected chi connectivity index (χ0v) is 13.6. The Labute approximate surface area is 132 Å². The highest BCUT2D eigenvalue weighted by Gasteiger charge is 2.23. The molecule has 0 aliphatic carbocycles. The van der Waals surface area contributed by atoms with Gasteiger partial charge in [0.05, 0.1) is 10.6 Å². The van der Waals surface area contributed by atoms with E-state index in [-0.39, 0.29) is 0 Å². The minimum atomic E-state index is 1.02. The van der Waals surface area contributed by atoms with Crippen LogP contribution in [0.1, 0.15) is 5.56 Å². The molecule has 0 N–H and O–H groups in total. The molecule has 3 aromatic rings. The van der Waals surface area contributed by atoms with Crippen molar-refractivity contribution >= 4 is 39.0 Å². The molecule has 1 aliphatic heterocycles. The summed E-state index contributed by atoms with van der Waals surface area (Å²) >= 11 is 3.79. The molecule has 5 heteroatoms. The highest BCUT2D eigenvalue weighted by Crippen LogP contribution is 2.47. The molecule has 0 atom stereocenters. The van der Waals surface area contributed by atoms with Crippen molar-refractivity contribution in [2.75, 3.05) is 24.7 Å². The molecule has 0 fully saturated rings. The summed E-state index contributed by atoms with van der Waals surface area (Å²) in [5.41, 5.74) is 2.40. The number of benzene rings is 1. The average Bonchev–Trinajstić information content (AvgIpc) is 2.76. The van der Waals surface area contributed by atoms with Gasteiger partial charge in [-0.3, -0.25) is 0 Å². The minimum absolute atomic E-state index is 1.02. The fourth-order valence-electron chi connectivity index (χ4n) is 2.79.